The standard InChI is InChI=1S/C23H31N3O/c1-3-19(2)24-23(27)22-11-9-21(10-12-22)18-26-15-13-25(14-16-26)17-20-7-5-4-6-8-20/h4-12,19H,3,13-18H2,1-2H3,(H,24,27)/t19-/m1/s1. The summed E-state index contributed by atoms with van der Waals surface area (Å²) in [4.78, 5) is 17.2. The lowest BCUT2D eigenvalue weighted by molar-refractivity contribution is 0.0939. The van der Waals surface area contributed by atoms with Crippen molar-refractivity contribution >= 4 is 5.91 Å². The van der Waals surface area contributed by atoms with Crippen molar-refractivity contribution in [1.82, 2.24) is 15.1 Å². The third-order valence-corrected chi connectivity index (χ3v) is 5.33. The number of amides is 1. The lowest BCUT2D eigenvalue weighted by atomic mass is 10.1. The first-order valence-corrected chi connectivity index (χ1v) is 10.0. The molecule has 0 bridgehead atoms. The van der Waals surface area contributed by atoms with Crippen molar-refractivity contribution in [3.63, 3.8) is 0 Å². The summed E-state index contributed by atoms with van der Waals surface area (Å²) in [7, 11) is 0. The summed E-state index contributed by atoms with van der Waals surface area (Å²) in [5, 5.41) is 3.02. The number of carbonyl (C=O) groups is 1. The van der Waals surface area contributed by atoms with Crippen molar-refractivity contribution in [2.45, 2.75) is 39.4 Å². The maximum Gasteiger partial charge on any atom is 0.251 e. The minimum Gasteiger partial charge on any atom is -0.350 e. The molecule has 1 fully saturated rings. The third-order valence-electron chi connectivity index (χ3n) is 5.33. The van der Waals surface area contributed by atoms with Gasteiger partial charge in [0.25, 0.3) is 5.91 Å². The van der Waals surface area contributed by atoms with Gasteiger partial charge in [0.1, 0.15) is 0 Å². The van der Waals surface area contributed by atoms with Gasteiger partial charge in [-0.05, 0) is 36.6 Å². The van der Waals surface area contributed by atoms with Gasteiger partial charge in [-0.3, -0.25) is 14.6 Å². The summed E-state index contributed by atoms with van der Waals surface area (Å²) in [5.74, 6) is 0.0189. The highest BCUT2D eigenvalue weighted by atomic mass is 16.1. The molecule has 4 nitrogen and oxygen atoms in total. The monoisotopic (exact) mass is 365 g/mol. The van der Waals surface area contributed by atoms with Gasteiger partial charge < -0.3 is 5.32 Å². The van der Waals surface area contributed by atoms with E-state index in [4.69, 9.17) is 0 Å². The minimum absolute atomic E-state index is 0.0189. The fraction of sp³-hybridized carbons (Fsp3) is 0.435. The fourth-order valence-corrected chi connectivity index (χ4v) is 3.38. The predicted octanol–water partition coefficient (Wildman–Crippen LogP) is 3.53. The number of hydrogen-bond acceptors (Lipinski definition) is 3. The lowest BCUT2D eigenvalue weighted by Gasteiger charge is -2.34. The Bertz CT molecular complexity index is 706. The number of hydrogen-bond donors (Lipinski definition) is 1. The first kappa shape index (κ1) is 19.6. The summed E-state index contributed by atoms with van der Waals surface area (Å²) >= 11 is 0. The van der Waals surface area contributed by atoms with E-state index in [1.165, 1.54) is 11.1 Å². The van der Waals surface area contributed by atoms with Crippen molar-refractivity contribution in [2.75, 3.05) is 26.2 Å². The molecule has 2 aromatic rings. The Morgan fingerprint density at radius 3 is 1.93 bits per heavy atom. The Labute approximate surface area is 163 Å². The van der Waals surface area contributed by atoms with E-state index in [2.05, 4.69) is 64.5 Å². The van der Waals surface area contributed by atoms with Crippen LogP contribution in [-0.4, -0.2) is 47.9 Å². The summed E-state index contributed by atoms with van der Waals surface area (Å²) in [5.41, 5.74) is 3.40. The van der Waals surface area contributed by atoms with E-state index in [0.717, 1.165) is 51.3 Å². The summed E-state index contributed by atoms with van der Waals surface area (Å²) in [6, 6.07) is 19.0. The Kier molecular flexibility index (Phi) is 7.02. The van der Waals surface area contributed by atoms with Gasteiger partial charge in [0.15, 0.2) is 0 Å². The van der Waals surface area contributed by atoms with E-state index in [1.54, 1.807) is 0 Å². The molecule has 0 saturated carbocycles. The Hall–Kier alpha value is -2.17. The molecule has 3 rings (SSSR count). The van der Waals surface area contributed by atoms with Crippen LogP contribution >= 0.6 is 0 Å². The fourth-order valence-electron chi connectivity index (χ4n) is 3.38. The van der Waals surface area contributed by atoms with Gasteiger partial charge in [-0.1, -0.05) is 49.4 Å². The molecule has 144 valence electrons. The molecule has 0 radical (unpaired) electrons. The molecule has 0 aliphatic carbocycles. The average molecular weight is 366 g/mol. The molecule has 0 spiro atoms. The highest BCUT2D eigenvalue weighted by molar-refractivity contribution is 5.94. The molecule has 27 heavy (non-hydrogen) atoms. The SMILES string of the molecule is CC[C@@H](C)NC(=O)c1ccc(CN2CCN(Cc3ccccc3)CC2)cc1. The van der Waals surface area contributed by atoms with Crippen LogP contribution in [0.2, 0.25) is 0 Å². The first-order chi connectivity index (χ1) is 13.1. The van der Waals surface area contributed by atoms with Crippen LogP contribution in [0.5, 0.6) is 0 Å². The Morgan fingerprint density at radius 1 is 0.889 bits per heavy atom. The van der Waals surface area contributed by atoms with Gasteiger partial charge in [0.05, 0.1) is 0 Å². The van der Waals surface area contributed by atoms with Crippen molar-refractivity contribution in [3.8, 4) is 0 Å². The summed E-state index contributed by atoms with van der Waals surface area (Å²) < 4.78 is 0. The van der Waals surface area contributed by atoms with E-state index in [-0.39, 0.29) is 11.9 Å². The normalized spacial score (nSPS) is 16.8. The van der Waals surface area contributed by atoms with Gasteiger partial charge in [-0.25, -0.2) is 0 Å². The lowest BCUT2D eigenvalue weighted by Crippen LogP contribution is -2.45. The van der Waals surface area contributed by atoms with Crippen LogP contribution in [0.1, 0.15) is 41.8 Å². The highest BCUT2D eigenvalue weighted by Gasteiger charge is 2.17. The molecular formula is C23H31N3O. The third kappa shape index (κ3) is 5.91. The van der Waals surface area contributed by atoms with Gasteiger partial charge >= 0.3 is 0 Å². The van der Waals surface area contributed by atoms with Crippen LogP contribution in [-0.2, 0) is 13.1 Å². The van der Waals surface area contributed by atoms with Gasteiger partial charge in [-0.15, -0.1) is 0 Å². The molecular weight excluding hydrogens is 334 g/mol. The molecule has 0 unspecified atom stereocenters. The molecule has 4 heteroatoms. The number of rotatable bonds is 7. The van der Waals surface area contributed by atoms with E-state index in [9.17, 15) is 4.79 Å². The zero-order valence-corrected chi connectivity index (χ0v) is 16.5. The molecule has 2 aromatic carbocycles. The number of benzene rings is 2. The van der Waals surface area contributed by atoms with Crippen LogP contribution in [0.4, 0.5) is 0 Å². The Morgan fingerprint density at radius 2 is 1.41 bits per heavy atom. The van der Waals surface area contributed by atoms with Gasteiger partial charge in [-0.2, -0.15) is 0 Å². The van der Waals surface area contributed by atoms with Crippen molar-refractivity contribution in [3.05, 3.63) is 71.3 Å². The number of nitrogens with zero attached hydrogens (tertiary/aromatic N) is 2. The molecule has 1 heterocycles. The largest absolute Gasteiger partial charge is 0.350 e. The topological polar surface area (TPSA) is 35.6 Å². The summed E-state index contributed by atoms with van der Waals surface area (Å²) in [6.07, 6.45) is 0.945. The molecule has 1 N–H and O–H groups in total. The molecule has 1 atom stereocenters. The van der Waals surface area contributed by atoms with E-state index in [1.807, 2.05) is 19.1 Å². The second kappa shape index (κ2) is 9.67. The quantitative estimate of drug-likeness (QED) is 0.815. The van der Waals surface area contributed by atoms with Crippen molar-refractivity contribution < 1.29 is 4.79 Å². The second-order valence-corrected chi connectivity index (χ2v) is 7.52. The molecule has 0 aromatic heterocycles. The van der Waals surface area contributed by atoms with Crippen LogP contribution in [0.25, 0.3) is 0 Å². The molecule has 1 saturated heterocycles. The number of carbonyl (C=O) groups excluding carboxylic acids is 1. The maximum absolute atomic E-state index is 12.2. The second-order valence-electron chi connectivity index (χ2n) is 7.52. The van der Waals surface area contributed by atoms with Crippen LogP contribution in [0.3, 0.4) is 0 Å². The maximum atomic E-state index is 12.2. The number of piperazine rings is 1. The highest BCUT2D eigenvalue weighted by Crippen LogP contribution is 2.12. The van der Waals surface area contributed by atoms with Gasteiger partial charge in [0.2, 0.25) is 0 Å². The zero-order valence-electron chi connectivity index (χ0n) is 16.5. The number of nitrogens with one attached hydrogen (secondary N) is 1. The predicted molar refractivity (Wildman–Crippen MR) is 111 cm³/mol. The smallest absolute Gasteiger partial charge is 0.251 e. The van der Waals surface area contributed by atoms with Crippen molar-refractivity contribution in [1.29, 1.82) is 0 Å². The van der Waals surface area contributed by atoms with Crippen molar-refractivity contribution in [2.24, 2.45) is 0 Å². The minimum atomic E-state index is 0.0189. The van der Waals surface area contributed by atoms with Gasteiger partial charge in [0, 0.05) is 50.9 Å². The molecule has 1 amide bonds. The summed E-state index contributed by atoms with van der Waals surface area (Å²) in [6.45, 7) is 10.5. The van der Waals surface area contributed by atoms with E-state index in [0.29, 0.717) is 0 Å². The van der Waals surface area contributed by atoms with E-state index < -0.39 is 0 Å². The van der Waals surface area contributed by atoms with Crippen LogP contribution < -0.4 is 5.32 Å². The Balaban J connectivity index is 1.45. The first-order valence-electron chi connectivity index (χ1n) is 10.0. The van der Waals surface area contributed by atoms with E-state index >= 15 is 0 Å². The van der Waals surface area contributed by atoms with Crippen LogP contribution in [0.15, 0.2) is 54.6 Å². The average Bonchev–Trinajstić information content (AvgIpc) is 2.70. The van der Waals surface area contributed by atoms with Crippen LogP contribution in [0, 0.1) is 0 Å². The zero-order chi connectivity index (χ0) is 19.1. The molecule has 1 aliphatic heterocycles. The molecule has 1 aliphatic rings.